The van der Waals surface area contributed by atoms with Gasteiger partial charge in [0.1, 0.15) is 5.01 Å². The quantitative estimate of drug-likeness (QED) is 0.313. The maximum absolute atomic E-state index is 11.6. The number of amidine groups is 1. The highest BCUT2D eigenvalue weighted by molar-refractivity contribution is 7.09. The number of oxime groups is 1. The third-order valence-electron chi connectivity index (χ3n) is 2.13. The first-order valence-electron chi connectivity index (χ1n) is 4.73. The number of thiazole rings is 1. The highest BCUT2D eigenvalue weighted by Gasteiger charge is 2.20. The molecule has 0 aliphatic rings. The molecule has 1 aromatic heterocycles. The van der Waals surface area contributed by atoms with Gasteiger partial charge >= 0.3 is 0 Å². The van der Waals surface area contributed by atoms with E-state index in [9.17, 15) is 4.79 Å². The molecule has 1 heterocycles. The molecule has 1 amide bonds. The summed E-state index contributed by atoms with van der Waals surface area (Å²) < 4.78 is 0. The number of hydrogen-bond acceptors (Lipinski definition) is 5. The van der Waals surface area contributed by atoms with E-state index in [-0.39, 0.29) is 17.8 Å². The van der Waals surface area contributed by atoms with E-state index >= 15 is 0 Å². The van der Waals surface area contributed by atoms with Gasteiger partial charge < -0.3 is 16.3 Å². The van der Waals surface area contributed by atoms with Crippen LogP contribution in [0.1, 0.15) is 24.9 Å². The molecule has 0 saturated heterocycles. The van der Waals surface area contributed by atoms with Gasteiger partial charge in [0.25, 0.3) is 0 Å². The van der Waals surface area contributed by atoms with Crippen LogP contribution in [-0.4, -0.2) is 21.9 Å². The van der Waals surface area contributed by atoms with Gasteiger partial charge in [-0.15, -0.1) is 11.3 Å². The standard InChI is InChI=1S/C9H14N4O2S/c1-5(7(10)13-15)8(14)12-6(2)9-11-3-4-16-9/h3-6,15H,1-2H3,(H2,10,13)(H,12,14). The minimum atomic E-state index is -0.660. The molecule has 6 nitrogen and oxygen atoms in total. The molecule has 7 heteroatoms. The Morgan fingerprint density at radius 1 is 1.69 bits per heavy atom. The molecule has 0 aliphatic carbocycles. The van der Waals surface area contributed by atoms with Gasteiger partial charge in [0, 0.05) is 11.6 Å². The number of amides is 1. The SMILES string of the molecule is CC(C(=O)NC(C)c1nccs1)C(N)=NO. The van der Waals surface area contributed by atoms with Crippen molar-refractivity contribution in [3.8, 4) is 0 Å². The average molecular weight is 242 g/mol. The Hall–Kier alpha value is -1.63. The number of aromatic nitrogens is 1. The highest BCUT2D eigenvalue weighted by Crippen LogP contribution is 2.15. The summed E-state index contributed by atoms with van der Waals surface area (Å²) >= 11 is 1.46. The first kappa shape index (κ1) is 12.4. The normalized spacial score (nSPS) is 15.5. The Bertz CT molecular complexity index is 377. The van der Waals surface area contributed by atoms with Crippen LogP contribution in [0.2, 0.25) is 0 Å². The van der Waals surface area contributed by atoms with Crippen LogP contribution in [0.15, 0.2) is 16.7 Å². The molecule has 0 bridgehead atoms. The van der Waals surface area contributed by atoms with E-state index in [2.05, 4.69) is 15.5 Å². The molecule has 0 aromatic carbocycles. The van der Waals surface area contributed by atoms with Crippen molar-refractivity contribution in [2.24, 2.45) is 16.8 Å². The van der Waals surface area contributed by atoms with Crippen LogP contribution in [0, 0.1) is 5.92 Å². The van der Waals surface area contributed by atoms with Crippen molar-refractivity contribution in [3.05, 3.63) is 16.6 Å². The topological polar surface area (TPSA) is 101 Å². The van der Waals surface area contributed by atoms with Crippen molar-refractivity contribution < 1.29 is 10.0 Å². The van der Waals surface area contributed by atoms with Crippen LogP contribution in [0.4, 0.5) is 0 Å². The number of nitrogens with zero attached hydrogens (tertiary/aromatic N) is 2. The number of hydrogen-bond donors (Lipinski definition) is 3. The molecule has 4 N–H and O–H groups in total. The van der Waals surface area contributed by atoms with Gasteiger partial charge in [0.05, 0.1) is 12.0 Å². The number of carbonyl (C=O) groups excluding carboxylic acids is 1. The van der Waals surface area contributed by atoms with Crippen LogP contribution in [0.3, 0.4) is 0 Å². The van der Waals surface area contributed by atoms with Gasteiger partial charge in [0.2, 0.25) is 5.91 Å². The van der Waals surface area contributed by atoms with E-state index in [1.54, 1.807) is 13.1 Å². The maximum Gasteiger partial charge on any atom is 0.231 e. The fraction of sp³-hybridized carbons (Fsp3) is 0.444. The van der Waals surface area contributed by atoms with E-state index in [4.69, 9.17) is 10.9 Å². The van der Waals surface area contributed by atoms with Crippen LogP contribution in [0.5, 0.6) is 0 Å². The summed E-state index contributed by atoms with van der Waals surface area (Å²) in [6.45, 7) is 3.40. The molecule has 1 aromatic rings. The van der Waals surface area contributed by atoms with Gasteiger partial charge in [-0.2, -0.15) is 0 Å². The lowest BCUT2D eigenvalue weighted by Gasteiger charge is -2.14. The molecular formula is C9H14N4O2S. The van der Waals surface area contributed by atoms with Crippen LogP contribution < -0.4 is 11.1 Å². The fourth-order valence-electron chi connectivity index (χ4n) is 1.07. The van der Waals surface area contributed by atoms with Gasteiger partial charge in [0.15, 0.2) is 5.84 Å². The summed E-state index contributed by atoms with van der Waals surface area (Å²) in [4.78, 5) is 15.7. The summed E-state index contributed by atoms with van der Waals surface area (Å²) in [6, 6.07) is -0.179. The van der Waals surface area contributed by atoms with Crippen molar-refractivity contribution in [3.63, 3.8) is 0 Å². The molecule has 0 radical (unpaired) electrons. The molecule has 0 aliphatic heterocycles. The Kier molecular flexibility index (Phi) is 4.24. The fourth-order valence-corrected chi connectivity index (χ4v) is 1.72. The zero-order chi connectivity index (χ0) is 12.1. The summed E-state index contributed by atoms with van der Waals surface area (Å²) in [7, 11) is 0. The van der Waals surface area contributed by atoms with Crippen molar-refractivity contribution >= 4 is 23.1 Å². The average Bonchev–Trinajstić information content (AvgIpc) is 2.80. The molecule has 88 valence electrons. The zero-order valence-electron chi connectivity index (χ0n) is 9.04. The predicted molar refractivity (Wildman–Crippen MR) is 61.2 cm³/mol. The maximum atomic E-state index is 11.6. The first-order chi connectivity index (χ1) is 7.56. The lowest BCUT2D eigenvalue weighted by Crippen LogP contribution is -2.38. The molecular weight excluding hydrogens is 228 g/mol. The molecule has 2 atom stereocenters. The molecule has 16 heavy (non-hydrogen) atoms. The minimum absolute atomic E-state index is 0.108. The monoisotopic (exact) mass is 242 g/mol. The molecule has 1 rings (SSSR count). The van der Waals surface area contributed by atoms with Crippen LogP contribution in [-0.2, 0) is 4.79 Å². The minimum Gasteiger partial charge on any atom is -0.409 e. The molecule has 2 unspecified atom stereocenters. The second-order valence-corrected chi connectivity index (χ2v) is 4.27. The lowest BCUT2D eigenvalue weighted by atomic mass is 10.1. The van der Waals surface area contributed by atoms with E-state index in [1.165, 1.54) is 11.3 Å². The Balaban J connectivity index is 2.58. The highest BCUT2D eigenvalue weighted by atomic mass is 32.1. The number of rotatable bonds is 4. The second kappa shape index (κ2) is 5.45. The van der Waals surface area contributed by atoms with Crippen molar-refractivity contribution in [1.29, 1.82) is 0 Å². The zero-order valence-corrected chi connectivity index (χ0v) is 9.86. The van der Waals surface area contributed by atoms with Crippen LogP contribution in [0.25, 0.3) is 0 Å². The Labute approximate surface area is 97.2 Å². The number of nitrogens with two attached hydrogens (primary N) is 1. The van der Waals surface area contributed by atoms with E-state index in [0.29, 0.717) is 0 Å². The van der Waals surface area contributed by atoms with Crippen molar-refractivity contribution in [2.45, 2.75) is 19.9 Å². The summed E-state index contributed by atoms with van der Waals surface area (Å²) in [5.41, 5.74) is 5.34. The Morgan fingerprint density at radius 3 is 2.88 bits per heavy atom. The van der Waals surface area contributed by atoms with Crippen LogP contribution >= 0.6 is 11.3 Å². The third kappa shape index (κ3) is 2.93. The smallest absolute Gasteiger partial charge is 0.231 e. The first-order valence-corrected chi connectivity index (χ1v) is 5.61. The lowest BCUT2D eigenvalue weighted by molar-refractivity contribution is -0.123. The van der Waals surface area contributed by atoms with Gasteiger partial charge in [-0.3, -0.25) is 4.79 Å². The summed E-state index contributed by atoms with van der Waals surface area (Å²) in [5.74, 6) is -1.06. The van der Waals surface area contributed by atoms with E-state index in [1.807, 2.05) is 12.3 Å². The van der Waals surface area contributed by atoms with E-state index in [0.717, 1.165) is 5.01 Å². The van der Waals surface area contributed by atoms with Crippen molar-refractivity contribution in [2.75, 3.05) is 0 Å². The molecule has 0 fully saturated rings. The van der Waals surface area contributed by atoms with Crippen molar-refractivity contribution in [1.82, 2.24) is 10.3 Å². The predicted octanol–water partition coefficient (Wildman–Crippen LogP) is 0.703. The second-order valence-electron chi connectivity index (χ2n) is 3.35. The molecule has 0 saturated carbocycles. The van der Waals surface area contributed by atoms with Gasteiger partial charge in [-0.25, -0.2) is 4.98 Å². The molecule has 0 spiro atoms. The third-order valence-corrected chi connectivity index (χ3v) is 3.09. The van der Waals surface area contributed by atoms with Gasteiger partial charge in [-0.05, 0) is 13.8 Å². The number of carbonyl (C=O) groups is 1. The summed E-state index contributed by atoms with van der Waals surface area (Å²) in [6.07, 6.45) is 1.68. The largest absolute Gasteiger partial charge is 0.409 e. The summed E-state index contributed by atoms with van der Waals surface area (Å²) in [5, 5.41) is 16.6. The van der Waals surface area contributed by atoms with Gasteiger partial charge in [-0.1, -0.05) is 5.16 Å². The number of nitrogens with one attached hydrogen (secondary N) is 1. The van der Waals surface area contributed by atoms with E-state index < -0.39 is 5.92 Å². The Morgan fingerprint density at radius 2 is 2.38 bits per heavy atom.